The van der Waals surface area contributed by atoms with Gasteiger partial charge in [-0.1, -0.05) is 0 Å². The minimum atomic E-state index is -1.21. The predicted octanol–water partition coefficient (Wildman–Crippen LogP) is -0.861. The number of aromatic nitrogens is 3. The van der Waals surface area contributed by atoms with E-state index in [1.165, 1.54) is 14.7 Å². The van der Waals surface area contributed by atoms with E-state index in [9.17, 15) is 28.8 Å². The average Bonchev–Trinajstić information content (AvgIpc) is 2.82. The zero-order valence-electron chi connectivity index (χ0n) is 20.8. The van der Waals surface area contributed by atoms with Crippen LogP contribution in [0.4, 0.5) is 17.8 Å². The SMILES string of the molecule is O=C(O)CCN(CCC(=O)O)c1nc(N(CCC(=O)O)CCC(=O)O)nc(N(CCC(=O)O)CCC(=O)O)n1. The minimum absolute atomic E-state index is 0.246. The molecule has 216 valence electrons. The molecule has 0 aliphatic rings. The molecule has 0 amide bonds. The van der Waals surface area contributed by atoms with E-state index in [4.69, 9.17) is 30.6 Å². The number of carboxylic acids is 6. The maximum absolute atomic E-state index is 11.2. The smallest absolute Gasteiger partial charge is 0.305 e. The van der Waals surface area contributed by atoms with Crippen LogP contribution in [0.2, 0.25) is 0 Å². The quantitative estimate of drug-likeness (QED) is 0.107. The van der Waals surface area contributed by atoms with Crippen LogP contribution in [-0.4, -0.2) is 121 Å². The number of hydrogen-bond acceptors (Lipinski definition) is 12. The van der Waals surface area contributed by atoms with E-state index < -0.39 is 74.3 Å². The summed E-state index contributed by atoms with van der Waals surface area (Å²) in [5.41, 5.74) is 0. The molecule has 39 heavy (non-hydrogen) atoms. The van der Waals surface area contributed by atoms with Gasteiger partial charge in [-0.3, -0.25) is 28.8 Å². The Balaban J connectivity index is 3.68. The highest BCUT2D eigenvalue weighted by Gasteiger charge is 2.23. The van der Waals surface area contributed by atoms with Gasteiger partial charge in [0, 0.05) is 39.3 Å². The van der Waals surface area contributed by atoms with Crippen LogP contribution >= 0.6 is 0 Å². The lowest BCUT2D eigenvalue weighted by Gasteiger charge is -2.28. The van der Waals surface area contributed by atoms with Crippen molar-refractivity contribution in [3.05, 3.63) is 0 Å². The first-order chi connectivity index (χ1) is 18.3. The Morgan fingerprint density at radius 2 is 0.538 bits per heavy atom. The molecular formula is C21H30N6O12. The molecule has 1 aromatic rings. The van der Waals surface area contributed by atoms with Gasteiger partial charge in [0.1, 0.15) is 0 Å². The summed E-state index contributed by atoms with van der Waals surface area (Å²) in [4.78, 5) is 83.4. The maximum Gasteiger partial charge on any atom is 0.305 e. The summed E-state index contributed by atoms with van der Waals surface area (Å²) in [5.74, 6) is -8.00. The minimum Gasteiger partial charge on any atom is -0.481 e. The number of anilines is 3. The standard InChI is InChI=1S/C21H30N6O12/c28-13(29)1-7-25(8-2-14(30)31)19-22-20(26(9-3-15(32)33)10-4-16(34)35)24-21(23-19)27(11-5-17(36)37)12-6-18(38)39/h1-12H2,(H,28,29)(H,30,31)(H,32,33)(H,34,35)(H,36,37)(H,38,39). The van der Waals surface area contributed by atoms with Crippen molar-refractivity contribution < 1.29 is 59.4 Å². The van der Waals surface area contributed by atoms with Crippen molar-refractivity contribution in [2.75, 3.05) is 54.0 Å². The van der Waals surface area contributed by atoms with E-state index in [1.54, 1.807) is 0 Å². The summed E-state index contributed by atoms with van der Waals surface area (Å²) < 4.78 is 0. The lowest BCUT2D eigenvalue weighted by molar-refractivity contribution is -0.138. The third-order valence-electron chi connectivity index (χ3n) is 5.02. The fourth-order valence-corrected chi connectivity index (χ4v) is 3.09. The molecule has 0 aliphatic carbocycles. The van der Waals surface area contributed by atoms with Crippen molar-refractivity contribution in [3.8, 4) is 0 Å². The van der Waals surface area contributed by atoms with Crippen LogP contribution in [0.15, 0.2) is 0 Å². The Morgan fingerprint density at radius 1 is 0.385 bits per heavy atom. The third kappa shape index (κ3) is 13.4. The van der Waals surface area contributed by atoms with Crippen molar-refractivity contribution in [1.29, 1.82) is 0 Å². The number of rotatable bonds is 21. The highest BCUT2D eigenvalue weighted by molar-refractivity contribution is 5.71. The molecule has 0 saturated heterocycles. The molecule has 1 heterocycles. The molecule has 0 bridgehead atoms. The van der Waals surface area contributed by atoms with Gasteiger partial charge in [-0.15, -0.1) is 0 Å². The van der Waals surface area contributed by atoms with Crippen LogP contribution in [0.1, 0.15) is 38.5 Å². The summed E-state index contributed by atoms with van der Waals surface area (Å²) in [6, 6.07) is 0. The molecule has 0 unspecified atom stereocenters. The fraction of sp³-hybridized carbons (Fsp3) is 0.571. The number of carboxylic acid groups (broad SMARTS) is 6. The molecule has 1 rings (SSSR count). The summed E-state index contributed by atoms with van der Waals surface area (Å²) in [6.45, 7) is -1.50. The van der Waals surface area contributed by atoms with E-state index in [0.29, 0.717) is 0 Å². The van der Waals surface area contributed by atoms with E-state index in [-0.39, 0.29) is 57.1 Å². The highest BCUT2D eigenvalue weighted by atomic mass is 16.4. The number of nitrogens with zero attached hydrogens (tertiary/aromatic N) is 6. The fourth-order valence-electron chi connectivity index (χ4n) is 3.09. The second-order valence-corrected chi connectivity index (χ2v) is 8.06. The molecule has 0 radical (unpaired) electrons. The molecule has 18 nitrogen and oxygen atoms in total. The molecule has 6 N–H and O–H groups in total. The molecule has 0 spiro atoms. The van der Waals surface area contributed by atoms with Crippen molar-refractivity contribution in [3.63, 3.8) is 0 Å². The lowest BCUT2D eigenvalue weighted by Crippen LogP contribution is -2.36. The normalized spacial score (nSPS) is 10.5. The Morgan fingerprint density at radius 3 is 0.667 bits per heavy atom. The van der Waals surface area contributed by atoms with Gasteiger partial charge in [0.15, 0.2) is 0 Å². The molecule has 0 atom stereocenters. The molecular weight excluding hydrogens is 528 g/mol. The van der Waals surface area contributed by atoms with Crippen molar-refractivity contribution in [2.45, 2.75) is 38.5 Å². The Bertz CT molecular complexity index is 857. The second-order valence-electron chi connectivity index (χ2n) is 8.06. The monoisotopic (exact) mass is 558 g/mol. The zero-order chi connectivity index (χ0) is 29.5. The first-order valence-corrected chi connectivity index (χ1v) is 11.6. The van der Waals surface area contributed by atoms with Gasteiger partial charge in [-0.05, 0) is 0 Å². The number of carbonyl (C=O) groups is 6. The van der Waals surface area contributed by atoms with Gasteiger partial charge in [-0.2, -0.15) is 15.0 Å². The first-order valence-electron chi connectivity index (χ1n) is 11.6. The Hall–Kier alpha value is -4.77. The topological polar surface area (TPSA) is 272 Å². The van der Waals surface area contributed by atoms with E-state index in [1.807, 2.05) is 0 Å². The van der Waals surface area contributed by atoms with E-state index >= 15 is 0 Å². The maximum atomic E-state index is 11.2. The van der Waals surface area contributed by atoms with Crippen molar-refractivity contribution in [2.24, 2.45) is 0 Å². The summed E-state index contributed by atoms with van der Waals surface area (Å²) in [6.07, 6.45) is -2.67. The second kappa shape index (κ2) is 16.2. The molecule has 0 saturated carbocycles. The van der Waals surface area contributed by atoms with Crippen molar-refractivity contribution in [1.82, 2.24) is 15.0 Å². The van der Waals surface area contributed by atoms with Gasteiger partial charge in [0.25, 0.3) is 0 Å². The molecule has 1 aromatic heterocycles. The Kier molecular flexibility index (Phi) is 13.4. The van der Waals surface area contributed by atoms with E-state index in [2.05, 4.69) is 15.0 Å². The third-order valence-corrected chi connectivity index (χ3v) is 5.02. The van der Waals surface area contributed by atoms with Gasteiger partial charge < -0.3 is 45.3 Å². The molecule has 0 aliphatic heterocycles. The van der Waals surface area contributed by atoms with Crippen LogP contribution in [0.5, 0.6) is 0 Å². The summed E-state index contributed by atoms with van der Waals surface area (Å²) in [7, 11) is 0. The van der Waals surface area contributed by atoms with Gasteiger partial charge in [0.05, 0.1) is 38.5 Å². The van der Waals surface area contributed by atoms with Crippen molar-refractivity contribution >= 4 is 53.7 Å². The first kappa shape index (κ1) is 32.3. The van der Waals surface area contributed by atoms with Gasteiger partial charge >= 0.3 is 35.8 Å². The Labute approximate surface area is 221 Å². The summed E-state index contributed by atoms with van der Waals surface area (Å²) >= 11 is 0. The van der Waals surface area contributed by atoms with Crippen LogP contribution < -0.4 is 14.7 Å². The van der Waals surface area contributed by atoms with Crippen LogP contribution in [0.25, 0.3) is 0 Å². The van der Waals surface area contributed by atoms with Gasteiger partial charge in [-0.25, -0.2) is 0 Å². The zero-order valence-corrected chi connectivity index (χ0v) is 20.8. The van der Waals surface area contributed by atoms with E-state index in [0.717, 1.165) is 0 Å². The predicted molar refractivity (Wildman–Crippen MR) is 130 cm³/mol. The summed E-state index contributed by atoms with van der Waals surface area (Å²) in [5, 5.41) is 54.8. The van der Waals surface area contributed by atoms with Crippen LogP contribution in [-0.2, 0) is 28.8 Å². The number of aliphatic carboxylic acids is 6. The lowest BCUT2D eigenvalue weighted by atomic mass is 10.3. The van der Waals surface area contributed by atoms with Crippen LogP contribution in [0.3, 0.4) is 0 Å². The molecule has 18 heteroatoms. The molecule has 0 fully saturated rings. The highest BCUT2D eigenvalue weighted by Crippen LogP contribution is 2.21. The molecule has 0 aromatic carbocycles. The largest absolute Gasteiger partial charge is 0.481 e. The average molecular weight is 559 g/mol. The number of hydrogen-bond donors (Lipinski definition) is 6. The van der Waals surface area contributed by atoms with Crippen LogP contribution in [0, 0.1) is 0 Å². The van der Waals surface area contributed by atoms with Gasteiger partial charge in [0.2, 0.25) is 17.8 Å².